The second kappa shape index (κ2) is 6.14. The molecule has 1 saturated carbocycles. The molecule has 0 saturated heterocycles. The van der Waals surface area contributed by atoms with E-state index < -0.39 is 0 Å². The standard InChI is InChI=1S/C17H17NOS/c19-17(18-14-10-11-14)15-8-4-5-9-16(15)20-12-13-6-2-1-3-7-13/h1-9,14H,10-12H2,(H,18,19). The van der Waals surface area contributed by atoms with Gasteiger partial charge in [0.2, 0.25) is 0 Å². The van der Waals surface area contributed by atoms with Crippen LogP contribution < -0.4 is 5.32 Å². The number of nitrogens with one attached hydrogen (secondary N) is 1. The summed E-state index contributed by atoms with van der Waals surface area (Å²) in [5.74, 6) is 0.942. The van der Waals surface area contributed by atoms with Crippen molar-refractivity contribution in [2.24, 2.45) is 0 Å². The van der Waals surface area contributed by atoms with Crippen LogP contribution in [0.3, 0.4) is 0 Å². The van der Waals surface area contributed by atoms with E-state index in [9.17, 15) is 4.79 Å². The molecule has 1 aliphatic carbocycles. The van der Waals surface area contributed by atoms with E-state index in [1.165, 1.54) is 5.56 Å². The Hall–Kier alpha value is -1.74. The maximum Gasteiger partial charge on any atom is 0.252 e. The third-order valence-electron chi connectivity index (χ3n) is 3.28. The Bertz CT molecular complexity index is 593. The van der Waals surface area contributed by atoms with Gasteiger partial charge in [-0.25, -0.2) is 0 Å². The van der Waals surface area contributed by atoms with Crippen LogP contribution in [0.2, 0.25) is 0 Å². The molecule has 2 aromatic rings. The predicted octanol–water partition coefficient (Wildman–Crippen LogP) is 3.87. The van der Waals surface area contributed by atoms with Gasteiger partial charge in [0.25, 0.3) is 5.91 Å². The molecule has 0 aromatic heterocycles. The molecule has 0 unspecified atom stereocenters. The van der Waals surface area contributed by atoms with Crippen molar-refractivity contribution in [2.75, 3.05) is 0 Å². The van der Waals surface area contributed by atoms with Crippen molar-refractivity contribution in [3.8, 4) is 0 Å². The van der Waals surface area contributed by atoms with Gasteiger partial charge in [0.05, 0.1) is 5.56 Å². The average Bonchev–Trinajstić information content (AvgIpc) is 3.30. The van der Waals surface area contributed by atoms with Crippen LogP contribution in [0.25, 0.3) is 0 Å². The highest BCUT2D eigenvalue weighted by Gasteiger charge is 2.24. The summed E-state index contributed by atoms with van der Waals surface area (Å²) in [5.41, 5.74) is 2.07. The first kappa shape index (κ1) is 13.3. The Balaban J connectivity index is 1.70. The molecule has 0 bridgehead atoms. The Morgan fingerprint density at radius 2 is 1.75 bits per heavy atom. The van der Waals surface area contributed by atoms with Crippen LogP contribution in [0, 0.1) is 0 Å². The second-order valence-corrected chi connectivity index (χ2v) is 6.04. The highest BCUT2D eigenvalue weighted by molar-refractivity contribution is 7.98. The van der Waals surface area contributed by atoms with Crippen molar-refractivity contribution >= 4 is 17.7 Å². The number of hydrogen-bond acceptors (Lipinski definition) is 2. The fraction of sp³-hybridized carbons (Fsp3) is 0.235. The van der Waals surface area contributed by atoms with E-state index in [4.69, 9.17) is 0 Å². The predicted molar refractivity (Wildman–Crippen MR) is 82.9 cm³/mol. The Morgan fingerprint density at radius 3 is 2.50 bits per heavy atom. The van der Waals surface area contributed by atoms with Crippen LogP contribution in [0.1, 0.15) is 28.8 Å². The zero-order valence-electron chi connectivity index (χ0n) is 11.2. The van der Waals surface area contributed by atoms with Gasteiger partial charge in [0.15, 0.2) is 0 Å². The average molecular weight is 283 g/mol. The molecule has 2 nitrogen and oxygen atoms in total. The van der Waals surface area contributed by atoms with Gasteiger partial charge in [-0.2, -0.15) is 0 Å². The van der Waals surface area contributed by atoms with E-state index in [0.717, 1.165) is 29.1 Å². The number of carbonyl (C=O) groups excluding carboxylic acids is 1. The van der Waals surface area contributed by atoms with Gasteiger partial charge in [-0.3, -0.25) is 4.79 Å². The number of hydrogen-bond donors (Lipinski definition) is 1. The zero-order valence-corrected chi connectivity index (χ0v) is 12.0. The summed E-state index contributed by atoms with van der Waals surface area (Å²) in [6, 6.07) is 18.6. The fourth-order valence-electron chi connectivity index (χ4n) is 2.01. The number of carbonyl (C=O) groups is 1. The van der Waals surface area contributed by atoms with Crippen LogP contribution in [-0.2, 0) is 5.75 Å². The molecule has 102 valence electrons. The van der Waals surface area contributed by atoms with Crippen molar-refractivity contribution in [2.45, 2.75) is 29.5 Å². The highest BCUT2D eigenvalue weighted by Crippen LogP contribution is 2.27. The molecule has 2 aromatic carbocycles. The monoisotopic (exact) mass is 283 g/mol. The van der Waals surface area contributed by atoms with E-state index in [1.807, 2.05) is 42.5 Å². The minimum atomic E-state index is 0.0589. The Labute approximate surface area is 123 Å². The third-order valence-corrected chi connectivity index (χ3v) is 4.43. The summed E-state index contributed by atoms with van der Waals surface area (Å²) in [6.07, 6.45) is 2.23. The molecule has 3 heteroatoms. The van der Waals surface area contributed by atoms with Crippen molar-refractivity contribution in [3.63, 3.8) is 0 Å². The molecular weight excluding hydrogens is 266 g/mol. The fourth-order valence-corrected chi connectivity index (χ4v) is 3.01. The van der Waals surface area contributed by atoms with Crippen molar-refractivity contribution in [1.82, 2.24) is 5.32 Å². The quantitative estimate of drug-likeness (QED) is 0.844. The van der Waals surface area contributed by atoms with Crippen LogP contribution in [0.5, 0.6) is 0 Å². The number of thioether (sulfide) groups is 1. The number of rotatable bonds is 5. The van der Waals surface area contributed by atoms with E-state index >= 15 is 0 Å². The van der Waals surface area contributed by atoms with Crippen LogP contribution in [0.15, 0.2) is 59.5 Å². The van der Waals surface area contributed by atoms with E-state index in [-0.39, 0.29) is 5.91 Å². The maximum absolute atomic E-state index is 12.2. The van der Waals surface area contributed by atoms with Gasteiger partial charge in [0, 0.05) is 16.7 Å². The first-order chi connectivity index (χ1) is 9.83. The van der Waals surface area contributed by atoms with Crippen molar-refractivity contribution in [3.05, 3.63) is 65.7 Å². The summed E-state index contributed by atoms with van der Waals surface area (Å²) < 4.78 is 0. The summed E-state index contributed by atoms with van der Waals surface area (Å²) in [5, 5.41) is 3.06. The van der Waals surface area contributed by atoms with Gasteiger partial charge in [-0.05, 0) is 30.5 Å². The van der Waals surface area contributed by atoms with Crippen LogP contribution in [0.4, 0.5) is 0 Å². The maximum atomic E-state index is 12.2. The van der Waals surface area contributed by atoms with Crippen molar-refractivity contribution in [1.29, 1.82) is 0 Å². The number of benzene rings is 2. The van der Waals surface area contributed by atoms with E-state index in [0.29, 0.717) is 6.04 Å². The molecule has 0 heterocycles. The second-order valence-electron chi connectivity index (χ2n) is 5.02. The largest absolute Gasteiger partial charge is 0.349 e. The Morgan fingerprint density at radius 1 is 1.05 bits per heavy atom. The summed E-state index contributed by atoms with van der Waals surface area (Å²) in [7, 11) is 0. The highest BCUT2D eigenvalue weighted by atomic mass is 32.2. The van der Waals surface area contributed by atoms with Crippen LogP contribution >= 0.6 is 11.8 Å². The molecular formula is C17H17NOS. The lowest BCUT2D eigenvalue weighted by Crippen LogP contribution is -2.25. The van der Waals surface area contributed by atoms with Gasteiger partial charge in [-0.1, -0.05) is 42.5 Å². The van der Waals surface area contributed by atoms with E-state index in [1.54, 1.807) is 11.8 Å². The van der Waals surface area contributed by atoms with Crippen molar-refractivity contribution < 1.29 is 4.79 Å². The minimum absolute atomic E-state index is 0.0589. The molecule has 0 atom stereocenters. The lowest BCUT2D eigenvalue weighted by Gasteiger charge is -2.09. The first-order valence-electron chi connectivity index (χ1n) is 6.89. The Kier molecular flexibility index (Phi) is 4.07. The third kappa shape index (κ3) is 3.42. The molecule has 20 heavy (non-hydrogen) atoms. The molecule has 3 rings (SSSR count). The minimum Gasteiger partial charge on any atom is -0.349 e. The SMILES string of the molecule is O=C(NC1CC1)c1ccccc1SCc1ccccc1. The molecule has 1 amide bonds. The molecule has 0 aliphatic heterocycles. The summed E-state index contributed by atoms with van der Waals surface area (Å²) >= 11 is 1.72. The van der Waals surface area contributed by atoms with Gasteiger partial charge < -0.3 is 5.32 Å². The molecule has 1 fully saturated rings. The summed E-state index contributed by atoms with van der Waals surface area (Å²) in [4.78, 5) is 13.3. The lowest BCUT2D eigenvalue weighted by atomic mass is 10.2. The molecule has 0 radical (unpaired) electrons. The van der Waals surface area contributed by atoms with Gasteiger partial charge in [0.1, 0.15) is 0 Å². The van der Waals surface area contributed by atoms with Crippen LogP contribution in [-0.4, -0.2) is 11.9 Å². The molecule has 1 N–H and O–H groups in total. The van der Waals surface area contributed by atoms with Gasteiger partial charge in [-0.15, -0.1) is 11.8 Å². The van der Waals surface area contributed by atoms with Gasteiger partial charge >= 0.3 is 0 Å². The lowest BCUT2D eigenvalue weighted by molar-refractivity contribution is 0.0948. The molecule has 0 spiro atoms. The topological polar surface area (TPSA) is 29.1 Å². The number of amides is 1. The zero-order chi connectivity index (χ0) is 13.8. The van der Waals surface area contributed by atoms with E-state index in [2.05, 4.69) is 17.4 Å². The molecule has 1 aliphatic rings. The normalized spacial score (nSPS) is 14.0. The summed E-state index contributed by atoms with van der Waals surface area (Å²) in [6.45, 7) is 0. The first-order valence-corrected chi connectivity index (χ1v) is 7.88. The smallest absolute Gasteiger partial charge is 0.252 e.